The zero-order valence-electron chi connectivity index (χ0n) is 11.1. The minimum Gasteiger partial charge on any atom is -0.375 e. The lowest BCUT2D eigenvalue weighted by molar-refractivity contribution is -0.124. The van der Waals surface area contributed by atoms with E-state index in [1.165, 1.54) is 7.11 Å². The summed E-state index contributed by atoms with van der Waals surface area (Å²) in [5.41, 5.74) is 11.1. The summed E-state index contributed by atoms with van der Waals surface area (Å²) in [5, 5.41) is 7.35. The Morgan fingerprint density at radius 2 is 2.40 bits per heavy atom. The number of nitrogens with one attached hydrogen (secondary N) is 2. The predicted molar refractivity (Wildman–Crippen MR) is 75.7 cm³/mol. The Bertz CT molecular complexity index is 658. The molecule has 2 N–H and O–H groups in total. The van der Waals surface area contributed by atoms with E-state index in [2.05, 4.69) is 20.3 Å². The second-order valence-electron chi connectivity index (χ2n) is 4.27. The molecule has 20 heavy (non-hydrogen) atoms. The highest BCUT2D eigenvalue weighted by Gasteiger charge is 2.05. The number of carbonyl (C=O) groups excluding carboxylic acids is 1. The van der Waals surface area contributed by atoms with Crippen LogP contribution in [-0.2, 0) is 16.0 Å². The molecule has 0 bridgehead atoms. The van der Waals surface area contributed by atoms with Crippen molar-refractivity contribution in [2.24, 2.45) is 5.11 Å². The number of benzene rings is 1. The Morgan fingerprint density at radius 3 is 3.15 bits per heavy atom. The van der Waals surface area contributed by atoms with E-state index in [9.17, 15) is 4.79 Å². The Balaban J connectivity index is 2.08. The molecule has 7 nitrogen and oxygen atoms in total. The van der Waals surface area contributed by atoms with Gasteiger partial charge in [-0.15, -0.1) is 0 Å². The zero-order chi connectivity index (χ0) is 14.4. The number of azide groups is 1. The van der Waals surface area contributed by atoms with Crippen molar-refractivity contribution in [3.63, 3.8) is 0 Å². The summed E-state index contributed by atoms with van der Waals surface area (Å²) in [6.45, 7) is 0.593. The lowest BCUT2D eigenvalue weighted by Gasteiger charge is -2.04. The molecule has 1 aromatic heterocycles. The first-order valence-corrected chi connectivity index (χ1v) is 6.15. The third-order valence-corrected chi connectivity index (χ3v) is 2.90. The Hall–Kier alpha value is -2.50. The number of aromatic nitrogens is 1. The summed E-state index contributed by atoms with van der Waals surface area (Å²) in [6, 6.07) is 5.45. The van der Waals surface area contributed by atoms with Crippen LogP contribution in [0.4, 0.5) is 5.69 Å². The van der Waals surface area contributed by atoms with Crippen LogP contribution in [0.25, 0.3) is 21.3 Å². The van der Waals surface area contributed by atoms with Crippen LogP contribution in [0.15, 0.2) is 29.5 Å². The molecule has 0 fully saturated rings. The van der Waals surface area contributed by atoms with Gasteiger partial charge < -0.3 is 15.0 Å². The number of aromatic amines is 1. The number of hydrogen-bond acceptors (Lipinski definition) is 3. The summed E-state index contributed by atoms with van der Waals surface area (Å²) in [7, 11) is 1.48. The molecule has 2 aromatic rings. The molecular weight excluding hydrogens is 258 g/mol. The molecule has 0 radical (unpaired) electrons. The van der Waals surface area contributed by atoms with Crippen LogP contribution < -0.4 is 5.32 Å². The van der Waals surface area contributed by atoms with Gasteiger partial charge >= 0.3 is 0 Å². The number of fused-ring (bicyclic) bond motifs is 1. The van der Waals surface area contributed by atoms with Crippen LogP contribution >= 0.6 is 0 Å². The Kier molecular flexibility index (Phi) is 4.60. The number of hydrogen-bond donors (Lipinski definition) is 2. The molecule has 0 aliphatic carbocycles. The smallest absolute Gasteiger partial charge is 0.245 e. The first kappa shape index (κ1) is 13.9. The number of amides is 1. The standard InChI is InChI=1S/C13H15N5O2/c1-20-8-13(19)15-5-4-9-7-16-12-3-2-10(17-18-14)6-11(9)12/h2-3,6-7,16H,4-5,8H2,1H3,(H,15,19). The minimum atomic E-state index is -0.137. The van der Waals surface area contributed by atoms with Crippen molar-refractivity contribution in [3.8, 4) is 0 Å². The van der Waals surface area contributed by atoms with Crippen LogP contribution in [0.1, 0.15) is 5.56 Å². The van der Waals surface area contributed by atoms with E-state index in [-0.39, 0.29) is 12.5 Å². The highest BCUT2D eigenvalue weighted by atomic mass is 16.5. The molecule has 0 aliphatic rings. The maximum atomic E-state index is 11.3. The van der Waals surface area contributed by atoms with E-state index in [1.807, 2.05) is 18.3 Å². The molecule has 0 atom stereocenters. The van der Waals surface area contributed by atoms with Crippen LogP contribution in [0, 0.1) is 0 Å². The number of ether oxygens (including phenoxy) is 1. The number of H-pyrrole nitrogens is 1. The van der Waals surface area contributed by atoms with Crippen molar-refractivity contribution in [1.29, 1.82) is 0 Å². The monoisotopic (exact) mass is 273 g/mol. The molecule has 1 heterocycles. The summed E-state index contributed by atoms with van der Waals surface area (Å²) >= 11 is 0. The highest BCUT2D eigenvalue weighted by molar-refractivity contribution is 5.86. The maximum Gasteiger partial charge on any atom is 0.245 e. The number of rotatable bonds is 6. The van der Waals surface area contributed by atoms with E-state index in [0.29, 0.717) is 18.7 Å². The van der Waals surface area contributed by atoms with Crippen molar-refractivity contribution < 1.29 is 9.53 Å². The summed E-state index contributed by atoms with van der Waals surface area (Å²) in [5.74, 6) is -0.137. The van der Waals surface area contributed by atoms with Crippen LogP contribution in [0.5, 0.6) is 0 Å². The van der Waals surface area contributed by atoms with Crippen molar-refractivity contribution in [2.45, 2.75) is 6.42 Å². The van der Waals surface area contributed by atoms with Gasteiger partial charge in [-0.05, 0) is 29.6 Å². The van der Waals surface area contributed by atoms with Gasteiger partial charge in [-0.1, -0.05) is 11.2 Å². The topological polar surface area (TPSA) is 103 Å². The van der Waals surface area contributed by atoms with E-state index in [0.717, 1.165) is 16.5 Å². The molecule has 1 aromatic carbocycles. The van der Waals surface area contributed by atoms with Gasteiger partial charge in [0, 0.05) is 41.4 Å². The van der Waals surface area contributed by atoms with Gasteiger partial charge in [-0.3, -0.25) is 4.79 Å². The van der Waals surface area contributed by atoms with Gasteiger partial charge in [0.1, 0.15) is 6.61 Å². The predicted octanol–water partition coefficient (Wildman–Crippen LogP) is 2.41. The second kappa shape index (κ2) is 6.60. The van der Waals surface area contributed by atoms with Crippen LogP contribution in [0.2, 0.25) is 0 Å². The molecule has 0 aliphatic heterocycles. The van der Waals surface area contributed by atoms with Crippen molar-refractivity contribution in [1.82, 2.24) is 10.3 Å². The maximum absolute atomic E-state index is 11.3. The van der Waals surface area contributed by atoms with Crippen molar-refractivity contribution in [2.75, 3.05) is 20.3 Å². The summed E-state index contributed by atoms with van der Waals surface area (Å²) in [6.07, 6.45) is 2.59. The second-order valence-corrected chi connectivity index (χ2v) is 4.27. The van der Waals surface area contributed by atoms with E-state index >= 15 is 0 Å². The van der Waals surface area contributed by atoms with Gasteiger partial charge in [0.25, 0.3) is 0 Å². The average Bonchev–Trinajstić information content (AvgIpc) is 2.82. The van der Waals surface area contributed by atoms with E-state index < -0.39 is 0 Å². The van der Waals surface area contributed by atoms with Gasteiger partial charge in [0.05, 0.1) is 0 Å². The lowest BCUT2D eigenvalue weighted by atomic mass is 10.1. The van der Waals surface area contributed by atoms with Gasteiger partial charge in [-0.25, -0.2) is 0 Å². The molecule has 2 rings (SSSR count). The molecule has 7 heteroatoms. The van der Waals surface area contributed by atoms with Crippen LogP contribution in [-0.4, -0.2) is 31.2 Å². The number of nitrogens with zero attached hydrogens (tertiary/aromatic N) is 3. The normalized spacial score (nSPS) is 10.2. The van der Waals surface area contributed by atoms with Gasteiger partial charge in [-0.2, -0.15) is 0 Å². The largest absolute Gasteiger partial charge is 0.375 e. The lowest BCUT2D eigenvalue weighted by Crippen LogP contribution is -2.28. The third-order valence-electron chi connectivity index (χ3n) is 2.90. The molecule has 0 saturated carbocycles. The van der Waals surface area contributed by atoms with E-state index in [4.69, 9.17) is 10.3 Å². The van der Waals surface area contributed by atoms with Crippen LogP contribution in [0.3, 0.4) is 0 Å². The van der Waals surface area contributed by atoms with E-state index in [1.54, 1.807) is 6.07 Å². The van der Waals surface area contributed by atoms with Gasteiger partial charge in [0.15, 0.2) is 0 Å². The molecule has 0 spiro atoms. The van der Waals surface area contributed by atoms with Crippen molar-refractivity contribution in [3.05, 3.63) is 40.4 Å². The SMILES string of the molecule is COCC(=O)NCCc1c[nH]c2ccc(N=[N+]=[N-])cc12. The first-order valence-electron chi connectivity index (χ1n) is 6.15. The summed E-state index contributed by atoms with van der Waals surface area (Å²) in [4.78, 5) is 17.2. The molecular formula is C13H15N5O2. The Morgan fingerprint density at radius 1 is 1.55 bits per heavy atom. The fourth-order valence-corrected chi connectivity index (χ4v) is 2.01. The first-order chi connectivity index (χ1) is 9.74. The zero-order valence-corrected chi connectivity index (χ0v) is 11.1. The molecule has 0 unspecified atom stereocenters. The molecule has 1 amide bonds. The average molecular weight is 273 g/mol. The molecule has 0 saturated heterocycles. The highest BCUT2D eigenvalue weighted by Crippen LogP contribution is 2.24. The quantitative estimate of drug-likeness (QED) is 0.479. The fourth-order valence-electron chi connectivity index (χ4n) is 2.01. The third kappa shape index (κ3) is 3.28. The fraction of sp³-hybridized carbons (Fsp3) is 0.308. The number of methoxy groups -OCH3 is 1. The molecule has 104 valence electrons. The minimum absolute atomic E-state index is 0.0644. The number of carbonyl (C=O) groups is 1. The Labute approximate surface area is 115 Å². The van der Waals surface area contributed by atoms with Crippen molar-refractivity contribution >= 4 is 22.5 Å². The summed E-state index contributed by atoms with van der Waals surface area (Å²) < 4.78 is 4.74. The van der Waals surface area contributed by atoms with Gasteiger partial charge in [0.2, 0.25) is 5.91 Å².